The van der Waals surface area contributed by atoms with E-state index >= 15 is 0 Å². The molecule has 0 saturated carbocycles. The number of aryl methyl sites for hydroxylation is 2. The Morgan fingerprint density at radius 1 is 1.05 bits per heavy atom. The second-order valence-electron chi connectivity index (χ2n) is 5.04. The van der Waals surface area contributed by atoms with Crippen molar-refractivity contribution in [2.45, 2.75) is 30.2 Å². The summed E-state index contributed by atoms with van der Waals surface area (Å²) in [5.41, 5.74) is 2.34. The first-order chi connectivity index (χ1) is 10.2. The molecular weight excluding hydrogens is 278 g/mol. The van der Waals surface area contributed by atoms with Crippen LogP contribution in [-0.4, -0.2) is 4.57 Å². The fraction of sp³-hybridized carbons (Fsp3) is 0.167. The van der Waals surface area contributed by atoms with Gasteiger partial charge in [-0.1, -0.05) is 41.6 Å². The fourth-order valence-corrected chi connectivity index (χ4v) is 3.29. The van der Waals surface area contributed by atoms with Gasteiger partial charge in [-0.3, -0.25) is 4.79 Å². The highest BCUT2D eigenvalue weighted by molar-refractivity contribution is 7.99. The Bertz CT molecular complexity index is 834. The number of fused-ring (bicyclic) bond motifs is 1. The van der Waals surface area contributed by atoms with Crippen molar-refractivity contribution in [1.29, 1.82) is 0 Å². The molecule has 0 aliphatic carbocycles. The zero-order valence-electron chi connectivity index (χ0n) is 12.2. The van der Waals surface area contributed by atoms with E-state index in [0.29, 0.717) is 0 Å². The molecule has 2 nitrogen and oxygen atoms in total. The molecular formula is C18H17NOS. The van der Waals surface area contributed by atoms with E-state index < -0.39 is 0 Å². The van der Waals surface area contributed by atoms with Crippen LogP contribution in [0.15, 0.2) is 69.3 Å². The number of benzene rings is 2. The summed E-state index contributed by atoms with van der Waals surface area (Å²) >= 11 is 1.53. The highest BCUT2D eigenvalue weighted by Gasteiger charge is 2.09. The van der Waals surface area contributed by atoms with Crippen LogP contribution in [0.3, 0.4) is 0 Å². The maximum atomic E-state index is 12.6. The lowest BCUT2D eigenvalue weighted by molar-refractivity contribution is 0.775. The van der Waals surface area contributed by atoms with Crippen LogP contribution in [0.1, 0.15) is 12.5 Å². The van der Waals surface area contributed by atoms with Crippen molar-refractivity contribution >= 4 is 22.7 Å². The van der Waals surface area contributed by atoms with E-state index in [9.17, 15) is 4.79 Å². The summed E-state index contributed by atoms with van der Waals surface area (Å²) in [5.74, 6) is 0. The molecule has 3 rings (SSSR count). The van der Waals surface area contributed by atoms with E-state index in [2.05, 4.69) is 42.7 Å². The van der Waals surface area contributed by atoms with Gasteiger partial charge in [0.25, 0.3) is 0 Å². The molecule has 106 valence electrons. The minimum atomic E-state index is 0.112. The normalized spacial score (nSPS) is 11.0. The lowest BCUT2D eigenvalue weighted by Gasteiger charge is -2.11. The fourth-order valence-electron chi connectivity index (χ4n) is 2.39. The van der Waals surface area contributed by atoms with E-state index in [0.717, 1.165) is 27.2 Å². The smallest absolute Gasteiger partial charge is 0.203 e. The van der Waals surface area contributed by atoms with Gasteiger partial charge in [-0.05, 0) is 38.1 Å². The SMILES string of the molecule is CCn1cc(Sc2ccc(C)cc2)c(=O)c2ccccc21. The molecule has 0 saturated heterocycles. The monoisotopic (exact) mass is 295 g/mol. The highest BCUT2D eigenvalue weighted by atomic mass is 32.2. The molecule has 21 heavy (non-hydrogen) atoms. The van der Waals surface area contributed by atoms with Gasteiger partial charge >= 0.3 is 0 Å². The lowest BCUT2D eigenvalue weighted by Crippen LogP contribution is -2.10. The van der Waals surface area contributed by atoms with E-state index in [1.165, 1.54) is 17.3 Å². The minimum absolute atomic E-state index is 0.112. The van der Waals surface area contributed by atoms with Gasteiger partial charge in [0.2, 0.25) is 5.43 Å². The summed E-state index contributed by atoms with van der Waals surface area (Å²) in [6.45, 7) is 5.01. The molecule has 0 fully saturated rings. The zero-order chi connectivity index (χ0) is 14.8. The second-order valence-corrected chi connectivity index (χ2v) is 6.16. The summed E-state index contributed by atoms with van der Waals surface area (Å²) in [7, 11) is 0. The number of hydrogen-bond donors (Lipinski definition) is 0. The van der Waals surface area contributed by atoms with Gasteiger partial charge in [0.15, 0.2) is 0 Å². The highest BCUT2D eigenvalue weighted by Crippen LogP contribution is 2.27. The van der Waals surface area contributed by atoms with E-state index in [1.807, 2.05) is 30.5 Å². The molecule has 0 radical (unpaired) electrons. The van der Waals surface area contributed by atoms with Crippen molar-refractivity contribution in [3.8, 4) is 0 Å². The van der Waals surface area contributed by atoms with Crippen LogP contribution in [0.4, 0.5) is 0 Å². The van der Waals surface area contributed by atoms with Crippen LogP contribution in [0.2, 0.25) is 0 Å². The molecule has 1 heterocycles. The Kier molecular flexibility index (Phi) is 3.84. The first kappa shape index (κ1) is 14.0. The molecule has 0 unspecified atom stereocenters. The average Bonchev–Trinajstić information content (AvgIpc) is 2.52. The number of pyridine rings is 1. The van der Waals surface area contributed by atoms with Crippen molar-refractivity contribution in [2.75, 3.05) is 0 Å². The van der Waals surface area contributed by atoms with Gasteiger partial charge in [-0.15, -0.1) is 0 Å². The van der Waals surface area contributed by atoms with E-state index in [4.69, 9.17) is 0 Å². The molecule has 3 aromatic rings. The number of nitrogens with zero attached hydrogens (tertiary/aromatic N) is 1. The Morgan fingerprint density at radius 3 is 2.48 bits per heavy atom. The second kappa shape index (κ2) is 5.78. The molecule has 0 spiro atoms. The van der Waals surface area contributed by atoms with Crippen LogP contribution >= 0.6 is 11.8 Å². The average molecular weight is 295 g/mol. The van der Waals surface area contributed by atoms with Crippen LogP contribution in [0, 0.1) is 6.92 Å². The lowest BCUT2D eigenvalue weighted by atomic mass is 10.2. The van der Waals surface area contributed by atoms with E-state index in [-0.39, 0.29) is 5.43 Å². The van der Waals surface area contributed by atoms with Gasteiger partial charge in [-0.2, -0.15) is 0 Å². The standard InChI is InChI=1S/C18H17NOS/c1-3-19-12-17(21-14-10-8-13(2)9-11-14)18(20)15-6-4-5-7-16(15)19/h4-12H,3H2,1-2H3. The summed E-state index contributed by atoms with van der Waals surface area (Å²) in [6, 6.07) is 16.1. The predicted octanol–water partition coefficient (Wildman–Crippen LogP) is 4.48. The topological polar surface area (TPSA) is 22.0 Å². The van der Waals surface area contributed by atoms with Gasteiger partial charge in [-0.25, -0.2) is 0 Å². The molecule has 0 atom stereocenters. The third kappa shape index (κ3) is 2.74. The maximum Gasteiger partial charge on any atom is 0.203 e. The zero-order valence-corrected chi connectivity index (χ0v) is 13.0. The van der Waals surface area contributed by atoms with Gasteiger partial charge in [0, 0.05) is 23.0 Å². The van der Waals surface area contributed by atoms with Crippen LogP contribution in [0.25, 0.3) is 10.9 Å². The summed E-state index contributed by atoms with van der Waals surface area (Å²) in [6.07, 6.45) is 1.97. The van der Waals surface area contributed by atoms with Crippen LogP contribution < -0.4 is 5.43 Å². The first-order valence-corrected chi connectivity index (χ1v) is 7.87. The third-order valence-electron chi connectivity index (χ3n) is 3.54. The molecule has 0 N–H and O–H groups in total. The number of para-hydroxylation sites is 1. The van der Waals surface area contributed by atoms with Crippen molar-refractivity contribution in [3.05, 3.63) is 70.5 Å². The molecule has 1 aromatic heterocycles. The largest absolute Gasteiger partial charge is 0.346 e. The summed E-state index contributed by atoms with van der Waals surface area (Å²) < 4.78 is 2.13. The molecule has 0 bridgehead atoms. The molecule has 0 amide bonds. The van der Waals surface area contributed by atoms with Crippen molar-refractivity contribution in [2.24, 2.45) is 0 Å². The van der Waals surface area contributed by atoms with Crippen LogP contribution in [-0.2, 0) is 6.54 Å². The van der Waals surface area contributed by atoms with Gasteiger partial charge in [0.05, 0.1) is 10.4 Å². The Morgan fingerprint density at radius 2 is 1.76 bits per heavy atom. The maximum absolute atomic E-state index is 12.6. The third-order valence-corrected chi connectivity index (χ3v) is 4.56. The summed E-state index contributed by atoms with van der Waals surface area (Å²) in [4.78, 5) is 14.5. The Hall–Kier alpha value is -2.00. The Balaban J connectivity index is 2.12. The van der Waals surface area contributed by atoms with E-state index in [1.54, 1.807) is 0 Å². The molecule has 3 heteroatoms. The van der Waals surface area contributed by atoms with Gasteiger partial charge < -0.3 is 4.57 Å². The number of hydrogen-bond acceptors (Lipinski definition) is 2. The predicted molar refractivity (Wildman–Crippen MR) is 89.2 cm³/mol. The number of rotatable bonds is 3. The van der Waals surface area contributed by atoms with Crippen LogP contribution in [0.5, 0.6) is 0 Å². The molecule has 2 aromatic carbocycles. The molecule has 0 aliphatic rings. The minimum Gasteiger partial charge on any atom is -0.346 e. The van der Waals surface area contributed by atoms with Crippen molar-refractivity contribution in [3.63, 3.8) is 0 Å². The number of aromatic nitrogens is 1. The quantitative estimate of drug-likeness (QED) is 0.710. The Labute approximate surface area is 128 Å². The van der Waals surface area contributed by atoms with Crippen molar-refractivity contribution < 1.29 is 0 Å². The van der Waals surface area contributed by atoms with Gasteiger partial charge in [0.1, 0.15) is 0 Å². The molecule has 0 aliphatic heterocycles. The van der Waals surface area contributed by atoms with Crippen molar-refractivity contribution in [1.82, 2.24) is 4.57 Å². The first-order valence-electron chi connectivity index (χ1n) is 7.05. The summed E-state index contributed by atoms with van der Waals surface area (Å²) in [5, 5.41) is 0.788.